The third-order valence-corrected chi connectivity index (χ3v) is 7.37. The Morgan fingerprint density at radius 1 is 1.00 bits per heavy atom. The molecular weight excluding hydrogens is 446 g/mol. The van der Waals surface area contributed by atoms with Crippen LogP contribution in [0.3, 0.4) is 0 Å². The van der Waals surface area contributed by atoms with E-state index < -0.39 is 0 Å². The average Bonchev–Trinajstić information content (AvgIpc) is 3.19. The number of carbonyl (C=O) groups excluding carboxylic acids is 1. The molecule has 2 N–H and O–H groups in total. The molecule has 2 aromatic carbocycles. The normalized spacial score (nSPS) is 14.2. The number of carbonyl (C=O) groups is 1. The van der Waals surface area contributed by atoms with Gasteiger partial charge in [-0.1, -0.05) is 30.3 Å². The number of benzene rings is 2. The first kappa shape index (κ1) is 26.0. The lowest BCUT2D eigenvalue weighted by Gasteiger charge is -2.34. The summed E-state index contributed by atoms with van der Waals surface area (Å²) in [5.41, 5.74) is 7.19. The molecule has 6 heteroatoms. The van der Waals surface area contributed by atoms with E-state index in [1.807, 2.05) is 18.2 Å². The summed E-state index contributed by atoms with van der Waals surface area (Å²) < 4.78 is 2.09. The molecule has 36 heavy (non-hydrogen) atoms. The molecule has 0 atom stereocenters. The Kier molecular flexibility index (Phi) is 9.17. The molecule has 1 aromatic heterocycles. The lowest BCUT2D eigenvalue weighted by Crippen LogP contribution is -2.42. The van der Waals surface area contributed by atoms with E-state index in [1.54, 1.807) is 0 Å². The van der Waals surface area contributed by atoms with Crippen LogP contribution in [0.4, 0.5) is 11.4 Å². The van der Waals surface area contributed by atoms with Crippen LogP contribution in [0.15, 0.2) is 54.6 Å². The Bertz CT molecular complexity index is 1100. The van der Waals surface area contributed by atoms with E-state index in [0.29, 0.717) is 12.5 Å². The maximum absolute atomic E-state index is 12.3. The van der Waals surface area contributed by atoms with E-state index in [-0.39, 0.29) is 5.91 Å². The van der Waals surface area contributed by atoms with Gasteiger partial charge in [-0.3, -0.25) is 9.48 Å². The molecule has 1 amide bonds. The molecule has 0 radical (unpaired) electrons. The van der Waals surface area contributed by atoms with Crippen LogP contribution >= 0.6 is 0 Å². The predicted molar refractivity (Wildman–Crippen MR) is 149 cm³/mol. The molecule has 0 unspecified atom stereocenters. The van der Waals surface area contributed by atoms with Gasteiger partial charge in [0, 0.05) is 61.3 Å². The first-order valence-corrected chi connectivity index (χ1v) is 13.5. The second kappa shape index (κ2) is 12.7. The van der Waals surface area contributed by atoms with Crippen molar-refractivity contribution in [2.24, 2.45) is 0 Å². The maximum Gasteiger partial charge on any atom is 0.224 e. The first-order chi connectivity index (χ1) is 17.5. The second-order valence-corrected chi connectivity index (χ2v) is 9.90. The lowest BCUT2D eigenvalue weighted by molar-refractivity contribution is -0.116. The lowest BCUT2D eigenvalue weighted by atomic mass is 10.0. The van der Waals surface area contributed by atoms with Crippen molar-refractivity contribution in [3.05, 3.63) is 77.1 Å². The van der Waals surface area contributed by atoms with Crippen molar-refractivity contribution in [1.82, 2.24) is 15.1 Å². The molecule has 1 saturated heterocycles. The summed E-state index contributed by atoms with van der Waals surface area (Å²) in [5, 5.41) is 11.5. The monoisotopic (exact) mass is 487 g/mol. The van der Waals surface area contributed by atoms with Gasteiger partial charge in [0.05, 0.1) is 5.69 Å². The summed E-state index contributed by atoms with van der Waals surface area (Å²) in [5.74, 6) is 0.0950. The smallest absolute Gasteiger partial charge is 0.224 e. The van der Waals surface area contributed by atoms with E-state index in [0.717, 1.165) is 69.7 Å². The first-order valence-electron chi connectivity index (χ1n) is 13.5. The highest BCUT2D eigenvalue weighted by Crippen LogP contribution is 2.23. The highest BCUT2D eigenvalue weighted by Gasteiger charge is 2.20. The van der Waals surface area contributed by atoms with Gasteiger partial charge in [0.25, 0.3) is 0 Å². The SMILES string of the molecule is CCn1nc(C)c(CNC2CCN(c3ccc(NC(=O)CCCCc4ccccc4)cc3)CC2)c1C. The van der Waals surface area contributed by atoms with Crippen molar-refractivity contribution in [2.75, 3.05) is 23.3 Å². The van der Waals surface area contributed by atoms with Gasteiger partial charge >= 0.3 is 0 Å². The summed E-state index contributed by atoms with van der Waals surface area (Å²) in [6.45, 7) is 10.3. The maximum atomic E-state index is 12.3. The molecule has 1 aliphatic heterocycles. The van der Waals surface area contributed by atoms with E-state index in [2.05, 4.69) is 82.5 Å². The summed E-state index contributed by atoms with van der Waals surface area (Å²) in [6, 6.07) is 19.3. The van der Waals surface area contributed by atoms with Crippen molar-refractivity contribution < 1.29 is 4.79 Å². The fourth-order valence-electron chi connectivity index (χ4n) is 5.12. The van der Waals surface area contributed by atoms with Crippen LogP contribution in [-0.4, -0.2) is 34.8 Å². The van der Waals surface area contributed by atoms with E-state index in [1.165, 1.54) is 22.5 Å². The Morgan fingerprint density at radius 3 is 2.39 bits per heavy atom. The Hall–Kier alpha value is -3.12. The average molecular weight is 488 g/mol. The zero-order valence-corrected chi connectivity index (χ0v) is 22.1. The number of hydrogen-bond donors (Lipinski definition) is 2. The molecular formula is C30H41N5O. The molecule has 4 rings (SSSR count). The number of hydrogen-bond acceptors (Lipinski definition) is 4. The van der Waals surface area contributed by atoms with E-state index in [4.69, 9.17) is 0 Å². The van der Waals surface area contributed by atoms with Crippen molar-refractivity contribution in [2.45, 2.75) is 78.4 Å². The van der Waals surface area contributed by atoms with Crippen molar-refractivity contribution in [1.29, 1.82) is 0 Å². The van der Waals surface area contributed by atoms with Crippen LogP contribution in [0, 0.1) is 13.8 Å². The predicted octanol–water partition coefficient (Wildman–Crippen LogP) is 5.63. The minimum Gasteiger partial charge on any atom is -0.371 e. The van der Waals surface area contributed by atoms with Crippen molar-refractivity contribution in [3.8, 4) is 0 Å². The molecule has 0 bridgehead atoms. The number of aromatic nitrogens is 2. The van der Waals surface area contributed by atoms with E-state index >= 15 is 0 Å². The molecule has 192 valence electrons. The standard InChI is InChI=1S/C30H41N5O/c1-4-35-24(3)29(23(2)33-35)22-31-26-18-20-34(21-19-26)28-16-14-27(15-17-28)32-30(36)13-9-8-12-25-10-6-5-7-11-25/h5-7,10-11,14-17,26,31H,4,8-9,12-13,18-22H2,1-3H3,(H,32,36). The third kappa shape index (κ3) is 6.97. The van der Waals surface area contributed by atoms with Crippen molar-refractivity contribution >= 4 is 17.3 Å². The Morgan fingerprint density at radius 2 is 1.72 bits per heavy atom. The fourth-order valence-corrected chi connectivity index (χ4v) is 5.12. The van der Waals surface area contributed by atoms with Crippen molar-refractivity contribution in [3.63, 3.8) is 0 Å². The Balaban J connectivity index is 1.16. The molecule has 1 aliphatic rings. The zero-order valence-electron chi connectivity index (χ0n) is 22.1. The number of unbranched alkanes of at least 4 members (excludes halogenated alkanes) is 1. The highest BCUT2D eigenvalue weighted by molar-refractivity contribution is 5.90. The molecule has 3 aromatic rings. The van der Waals surface area contributed by atoms with Crippen LogP contribution < -0.4 is 15.5 Å². The molecule has 2 heterocycles. The number of rotatable bonds is 11. The summed E-state index contributed by atoms with van der Waals surface area (Å²) in [4.78, 5) is 14.8. The van der Waals surface area contributed by atoms with Crippen LogP contribution in [0.2, 0.25) is 0 Å². The number of amides is 1. The zero-order chi connectivity index (χ0) is 25.3. The number of nitrogens with one attached hydrogen (secondary N) is 2. The molecule has 1 fully saturated rings. The van der Waals surface area contributed by atoms with Gasteiger partial charge in [0.2, 0.25) is 5.91 Å². The third-order valence-electron chi connectivity index (χ3n) is 7.37. The van der Waals surface area contributed by atoms with Gasteiger partial charge in [-0.15, -0.1) is 0 Å². The quantitative estimate of drug-likeness (QED) is 0.344. The summed E-state index contributed by atoms with van der Waals surface area (Å²) in [7, 11) is 0. The second-order valence-electron chi connectivity index (χ2n) is 9.90. The highest BCUT2D eigenvalue weighted by atomic mass is 16.1. The van der Waals surface area contributed by atoms with Gasteiger partial charge in [-0.25, -0.2) is 0 Å². The Labute approximate surface area is 216 Å². The fraction of sp³-hybridized carbons (Fsp3) is 0.467. The number of nitrogens with zero attached hydrogens (tertiary/aromatic N) is 3. The van der Waals surface area contributed by atoms with Crippen LogP contribution in [0.25, 0.3) is 0 Å². The molecule has 0 spiro atoms. The van der Waals surface area contributed by atoms with Gasteiger partial charge in [0.1, 0.15) is 0 Å². The van der Waals surface area contributed by atoms with Crippen LogP contribution in [0.1, 0.15) is 61.5 Å². The largest absolute Gasteiger partial charge is 0.371 e. The molecule has 0 aliphatic carbocycles. The number of anilines is 2. The van der Waals surface area contributed by atoms with E-state index in [9.17, 15) is 4.79 Å². The van der Waals surface area contributed by atoms with Gasteiger partial charge in [-0.2, -0.15) is 5.10 Å². The summed E-state index contributed by atoms with van der Waals surface area (Å²) >= 11 is 0. The minimum atomic E-state index is 0.0950. The summed E-state index contributed by atoms with van der Waals surface area (Å²) in [6.07, 6.45) is 5.78. The van der Waals surface area contributed by atoms with Gasteiger partial charge in [0.15, 0.2) is 0 Å². The molecule has 6 nitrogen and oxygen atoms in total. The minimum absolute atomic E-state index is 0.0950. The topological polar surface area (TPSA) is 62.2 Å². The molecule has 0 saturated carbocycles. The van der Waals surface area contributed by atoms with Gasteiger partial charge < -0.3 is 15.5 Å². The number of aryl methyl sites for hydroxylation is 3. The number of piperidine rings is 1. The van der Waals surface area contributed by atoms with Crippen LogP contribution in [0.5, 0.6) is 0 Å². The van der Waals surface area contributed by atoms with Crippen LogP contribution in [-0.2, 0) is 24.3 Å². The van der Waals surface area contributed by atoms with Gasteiger partial charge in [-0.05, 0) is 82.7 Å².